The molecule has 0 saturated carbocycles. The largest absolute Gasteiger partial charge is 0.360 e. The van der Waals surface area contributed by atoms with Crippen molar-refractivity contribution in [2.45, 2.75) is 20.4 Å². The van der Waals surface area contributed by atoms with Crippen LogP contribution in [-0.2, 0) is 6.54 Å². The van der Waals surface area contributed by atoms with Gasteiger partial charge in [0.25, 0.3) is 5.91 Å². The maximum Gasteiger partial charge on any atom is 0.257 e. The zero-order valence-corrected chi connectivity index (χ0v) is 14.1. The van der Waals surface area contributed by atoms with E-state index in [4.69, 9.17) is 4.52 Å². The predicted molar refractivity (Wildman–Crippen MR) is 93.4 cm³/mol. The summed E-state index contributed by atoms with van der Waals surface area (Å²) in [5, 5.41) is 6.74. The van der Waals surface area contributed by atoms with Crippen LogP contribution in [0.5, 0.6) is 0 Å². The molecule has 25 heavy (non-hydrogen) atoms. The Bertz CT molecular complexity index is 830. The zero-order valence-electron chi connectivity index (χ0n) is 14.1. The number of benzene rings is 1. The SMILES string of the molecule is CCN(Cc1ccccc1)C(=O)c1cnc(Nc2cc(C)on2)nc1. The topological polar surface area (TPSA) is 84.2 Å². The fourth-order valence-corrected chi connectivity index (χ4v) is 2.36. The Balaban J connectivity index is 1.68. The molecule has 1 N–H and O–H groups in total. The van der Waals surface area contributed by atoms with Crippen molar-refractivity contribution in [3.63, 3.8) is 0 Å². The molecule has 0 fully saturated rings. The number of anilines is 2. The summed E-state index contributed by atoms with van der Waals surface area (Å²) in [6.45, 7) is 4.90. The normalized spacial score (nSPS) is 10.5. The van der Waals surface area contributed by atoms with Crippen LogP contribution in [0.1, 0.15) is 28.6 Å². The minimum atomic E-state index is -0.102. The monoisotopic (exact) mass is 337 g/mol. The average Bonchev–Trinajstić information content (AvgIpc) is 3.05. The van der Waals surface area contributed by atoms with Gasteiger partial charge >= 0.3 is 0 Å². The van der Waals surface area contributed by atoms with Crippen molar-refractivity contribution in [1.82, 2.24) is 20.0 Å². The first-order chi connectivity index (χ1) is 12.2. The van der Waals surface area contributed by atoms with Crippen LogP contribution in [0.15, 0.2) is 53.3 Å². The van der Waals surface area contributed by atoms with Crippen molar-refractivity contribution in [3.05, 3.63) is 65.7 Å². The number of aromatic nitrogens is 3. The molecule has 3 rings (SSSR count). The highest BCUT2D eigenvalue weighted by atomic mass is 16.5. The number of nitrogens with zero attached hydrogens (tertiary/aromatic N) is 4. The molecule has 1 aromatic carbocycles. The lowest BCUT2D eigenvalue weighted by molar-refractivity contribution is 0.0752. The van der Waals surface area contributed by atoms with Crippen LogP contribution in [0.3, 0.4) is 0 Å². The second-order valence-electron chi connectivity index (χ2n) is 5.55. The third kappa shape index (κ3) is 4.20. The lowest BCUT2D eigenvalue weighted by Gasteiger charge is -2.20. The number of hydrogen-bond acceptors (Lipinski definition) is 6. The zero-order chi connectivity index (χ0) is 17.6. The second-order valence-corrected chi connectivity index (χ2v) is 5.55. The van der Waals surface area contributed by atoms with Gasteiger partial charge in [-0.05, 0) is 19.4 Å². The van der Waals surface area contributed by atoms with Crippen molar-refractivity contribution in [2.24, 2.45) is 0 Å². The Kier molecular flexibility index (Phi) is 5.03. The minimum Gasteiger partial charge on any atom is -0.360 e. The molecule has 3 aromatic rings. The maximum atomic E-state index is 12.7. The van der Waals surface area contributed by atoms with Crippen molar-refractivity contribution < 1.29 is 9.32 Å². The van der Waals surface area contributed by atoms with Crippen LogP contribution in [-0.4, -0.2) is 32.5 Å². The Morgan fingerprint density at radius 3 is 2.52 bits per heavy atom. The van der Waals surface area contributed by atoms with Gasteiger partial charge in [0.2, 0.25) is 5.95 Å². The molecule has 7 nitrogen and oxygen atoms in total. The summed E-state index contributed by atoms with van der Waals surface area (Å²) < 4.78 is 4.97. The third-order valence-corrected chi connectivity index (χ3v) is 3.65. The van der Waals surface area contributed by atoms with Gasteiger partial charge in [0.15, 0.2) is 5.82 Å². The maximum absolute atomic E-state index is 12.7. The Hall–Kier alpha value is -3.22. The summed E-state index contributed by atoms with van der Waals surface area (Å²) in [5.41, 5.74) is 1.53. The van der Waals surface area contributed by atoms with Gasteiger partial charge in [-0.2, -0.15) is 0 Å². The van der Waals surface area contributed by atoms with Crippen molar-refractivity contribution in [1.29, 1.82) is 0 Å². The van der Waals surface area contributed by atoms with Gasteiger partial charge in [0, 0.05) is 31.5 Å². The highest BCUT2D eigenvalue weighted by Crippen LogP contribution is 2.13. The van der Waals surface area contributed by atoms with Crippen LogP contribution >= 0.6 is 0 Å². The smallest absolute Gasteiger partial charge is 0.257 e. The molecule has 0 bridgehead atoms. The summed E-state index contributed by atoms with van der Waals surface area (Å²) in [5.74, 6) is 1.47. The molecule has 0 spiro atoms. The Morgan fingerprint density at radius 1 is 1.20 bits per heavy atom. The Morgan fingerprint density at radius 2 is 1.92 bits per heavy atom. The molecular weight excluding hydrogens is 318 g/mol. The van der Waals surface area contributed by atoms with Crippen LogP contribution in [0.25, 0.3) is 0 Å². The number of amides is 1. The summed E-state index contributed by atoms with van der Waals surface area (Å²) >= 11 is 0. The number of carbonyl (C=O) groups is 1. The summed E-state index contributed by atoms with van der Waals surface area (Å²) in [6.07, 6.45) is 3.02. The van der Waals surface area contributed by atoms with Gasteiger partial charge < -0.3 is 14.7 Å². The predicted octanol–water partition coefficient (Wildman–Crippen LogP) is 3.18. The van der Waals surface area contributed by atoms with E-state index < -0.39 is 0 Å². The fraction of sp³-hybridized carbons (Fsp3) is 0.222. The molecule has 0 atom stereocenters. The van der Waals surface area contributed by atoms with E-state index in [9.17, 15) is 4.79 Å². The third-order valence-electron chi connectivity index (χ3n) is 3.65. The quantitative estimate of drug-likeness (QED) is 0.744. The van der Waals surface area contributed by atoms with Crippen molar-refractivity contribution in [2.75, 3.05) is 11.9 Å². The number of nitrogens with one attached hydrogen (secondary N) is 1. The molecular formula is C18H19N5O2. The highest BCUT2D eigenvalue weighted by molar-refractivity contribution is 5.93. The minimum absolute atomic E-state index is 0.102. The molecule has 0 aliphatic rings. The molecule has 0 unspecified atom stereocenters. The van der Waals surface area contributed by atoms with E-state index in [2.05, 4.69) is 20.4 Å². The van der Waals surface area contributed by atoms with Gasteiger partial charge in [-0.25, -0.2) is 9.97 Å². The summed E-state index contributed by atoms with van der Waals surface area (Å²) in [7, 11) is 0. The van der Waals surface area contributed by atoms with Crippen LogP contribution in [0, 0.1) is 6.92 Å². The van der Waals surface area contributed by atoms with Crippen LogP contribution in [0.4, 0.5) is 11.8 Å². The lowest BCUT2D eigenvalue weighted by atomic mass is 10.2. The first-order valence-corrected chi connectivity index (χ1v) is 8.01. The van der Waals surface area contributed by atoms with E-state index in [1.807, 2.05) is 37.3 Å². The molecule has 2 heterocycles. The second kappa shape index (κ2) is 7.57. The molecule has 0 saturated heterocycles. The summed E-state index contributed by atoms with van der Waals surface area (Å²) in [6, 6.07) is 11.6. The number of rotatable bonds is 6. The van der Waals surface area contributed by atoms with Gasteiger partial charge in [-0.3, -0.25) is 4.79 Å². The van der Waals surface area contributed by atoms with Gasteiger partial charge in [-0.15, -0.1) is 0 Å². The molecule has 128 valence electrons. The number of aryl methyl sites for hydroxylation is 1. The molecule has 0 aliphatic carbocycles. The lowest BCUT2D eigenvalue weighted by Crippen LogP contribution is -2.30. The van der Waals surface area contributed by atoms with Crippen LogP contribution < -0.4 is 5.32 Å². The number of carbonyl (C=O) groups excluding carboxylic acids is 1. The van der Waals surface area contributed by atoms with Gasteiger partial charge in [0.1, 0.15) is 5.76 Å². The van der Waals surface area contributed by atoms with Crippen molar-refractivity contribution >= 4 is 17.7 Å². The number of hydrogen-bond donors (Lipinski definition) is 1. The summed E-state index contributed by atoms with van der Waals surface area (Å²) in [4.78, 5) is 22.8. The molecule has 7 heteroatoms. The van der Waals surface area contributed by atoms with E-state index in [0.717, 1.165) is 5.56 Å². The van der Waals surface area contributed by atoms with E-state index in [0.29, 0.717) is 36.2 Å². The molecule has 2 aromatic heterocycles. The van der Waals surface area contributed by atoms with Gasteiger partial charge in [-0.1, -0.05) is 35.5 Å². The molecule has 0 radical (unpaired) electrons. The van der Waals surface area contributed by atoms with E-state index in [1.165, 1.54) is 12.4 Å². The highest BCUT2D eigenvalue weighted by Gasteiger charge is 2.15. The first kappa shape index (κ1) is 16.6. The first-order valence-electron chi connectivity index (χ1n) is 8.01. The van der Waals surface area contributed by atoms with E-state index >= 15 is 0 Å². The van der Waals surface area contributed by atoms with E-state index in [1.54, 1.807) is 17.9 Å². The van der Waals surface area contributed by atoms with Crippen LogP contribution in [0.2, 0.25) is 0 Å². The molecule has 0 aliphatic heterocycles. The standard InChI is InChI=1S/C18H19N5O2/c1-3-23(12-14-7-5-4-6-8-14)17(24)15-10-19-18(20-11-15)21-16-9-13(2)25-22-16/h4-11H,3,12H2,1-2H3,(H,19,20,21,22). The van der Waals surface area contributed by atoms with Gasteiger partial charge in [0.05, 0.1) is 5.56 Å². The fourth-order valence-electron chi connectivity index (χ4n) is 2.36. The Labute approximate surface area is 145 Å². The van der Waals surface area contributed by atoms with Crippen molar-refractivity contribution in [3.8, 4) is 0 Å². The van der Waals surface area contributed by atoms with E-state index in [-0.39, 0.29) is 5.91 Å². The molecule has 1 amide bonds. The average molecular weight is 337 g/mol.